The average molecular weight is 317 g/mol. The van der Waals surface area contributed by atoms with E-state index in [-0.39, 0.29) is 29.6 Å². The quantitative estimate of drug-likeness (QED) is 0.847. The molecule has 3 rings (SSSR count). The molecule has 1 aromatic rings. The molecule has 2 heterocycles. The first-order chi connectivity index (χ1) is 10.7. The van der Waals surface area contributed by atoms with Gasteiger partial charge in [-0.3, -0.25) is 4.79 Å². The number of aliphatic hydroxyl groups excluding tert-OH is 1. The molecule has 124 valence electrons. The highest BCUT2D eigenvalue weighted by Crippen LogP contribution is 2.36. The van der Waals surface area contributed by atoms with Crippen LogP contribution in [0.25, 0.3) is 0 Å². The standard InChI is InChI=1S/C17H24BNO4/c1-16(2)17(3,4)23-18(22-16)14-7-5-13(6-8-14)15(21)19-9-12(10-19)11-20/h5-8,12,20H,9-11H2,1-4H3. The molecule has 0 aromatic heterocycles. The van der Waals surface area contributed by atoms with Gasteiger partial charge >= 0.3 is 7.12 Å². The van der Waals surface area contributed by atoms with Crippen molar-refractivity contribution in [3.63, 3.8) is 0 Å². The van der Waals surface area contributed by atoms with E-state index in [0.717, 1.165) is 5.46 Å². The summed E-state index contributed by atoms with van der Waals surface area (Å²) in [6, 6.07) is 7.40. The van der Waals surface area contributed by atoms with Crippen LogP contribution in [-0.4, -0.2) is 53.9 Å². The van der Waals surface area contributed by atoms with E-state index in [1.54, 1.807) is 4.90 Å². The summed E-state index contributed by atoms with van der Waals surface area (Å²) in [7, 11) is -0.410. The first kappa shape index (κ1) is 16.5. The number of hydrogen-bond acceptors (Lipinski definition) is 4. The normalized spacial score (nSPS) is 23.0. The molecule has 0 bridgehead atoms. The molecular weight excluding hydrogens is 293 g/mol. The van der Waals surface area contributed by atoms with E-state index >= 15 is 0 Å². The first-order valence-corrected chi connectivity index (χ1v) is 8.09. The molecule has 1 aromatic carbocycles. The predicted molar refractivity (Wildman–Crippen MR) is 88.6 cm³/mol. The number of amides is 1. The Morgan fingerprint density at radius 1 is 1.17 bits per heavy atom. The zero-order valence-corrected chi connectivity index (χ0v) is 14.2. The van der Waals surface area contributed by atoms with E-state index in [1.807, 2.05) is 52.0 Å². The van der Waals surface area contributed by atoms with Crippen molar-refractivity contribution < 1.29 is 19.2 Å². The minimum Gasteiger partial charge on any atom is -0.399 e. The number of benzene rings is 1. The molecule has 2 aliphatic rings. The lowest BCUT2D eigenvalue weighted by Gasteiger charge is -2.38. The SMILES string of the molecule is CC1(C)OB(c2ccc(C(=O)N3CC(CO)C3)cc2)OC1(C)C. The lowest BCUT2D eigenvalue weighted by molar-refractivity contribution is 0.00578. The highest BCUT2D eigenvalue weighted by molar-refractivity contribution is 6.62. The molecule has 5 nitrogen and oxygen atoms in total. The minimum atomic E-state index is -0.410. The van der Waals surface area contributed by atoms with Crippen molar-refractivity contribution in [2.45, 2.75) is 38.9 Å². The van der Waals surface area contributed by atoms with Gasteiger partial charge in [-0.1, -0.05) is 12.1 Å². The van der Waals surface area contributed by atoms with E-state index in [1.165, 1.54) is 0 Å². The second-order valence-corrected chi connectivity index (χ2v) is 7.47. The third kappa shape index (κ3) is 2.91. The summed E-state index contributed by atoms with van der Waals surface area (Å²) in [5.41, 5.74) is 0.824. The summed E-state index contributed by atoms with van der Waals surface area (Å²) < 4.78 is 12.0. The van der Waals surface area contributed by atoms with Crippen molar-refractivity contribution in [1.29, 1.82) is 0 Å². The average Bonchev–Trinajstić information content (AvgIpc) is 2.66. The molecule has 1 amide bonds. The Bertz CT molecular complexity index is 577. The lowest BCUT2D eigenvalue weighted by atomic mass is 9.79. The van der Waals surface area contributed by atoms with Crippen molar-refractivity contribution in [1.82, 2.24) is 4.90 Å². The smallest absolute Gasteiger partial charge is 0.399 e. The Morgan fingerprint density at radius 2 is 1.70 bits per heavy atom. The summed E-state index contributed by atoms with van der Waals surface area (Å²) in [4.78, 5) is 14.1. The molecule has 2 fully saturated rings. The van der Waals surface area contributed by atoms with Gasteiger partial charge in [-0.2, -0.15) is 0 Å². The molecule has 0 atom stereocenters. The zero-order valence-electron chi connectivity index (χ0n) is 14.2. The van der Waals surface area contributed by atoms with Crippen molar-refractivity contribution in [3.8, 4) is 0 Å². The van der Waals surface area contributed by atoms with E-state index in [9.17, 15) is 4.79 Å². The van der Waals surface area contributed by atoms with Crippen molar-refractivity contribution in [3.05, 3.63) is 29.8 Å². The van der Waals surface area contributed by atoms with Crippen LogP contribution in [0.2, 0.25) is 0 Å². The molecule has 0 aliphatic carbocycles. The second-order valence-electron chi connectivity index (χ2n) is 7.47. The Balaban J connectivity index is 1.68. The van der Waals surface area contributed by atoms with Crippen LogP contribution in [0.5, 0.6) is 0 Å². The van der Waals surface area contributed by atoms with Gasteiger partial charge in [-0.05, 0) is 45.3 Å². The fourth-order valence-electron chi connectivity index (χ4n) is 2.80. The number of rotatable bonds is 3. The fourth-order valence-corrected chi connectivity index (χ4v) is 2.80. The minimum absolute atomic E-state index is 0.00942. The van der Waals surface area contributed by atoms with Gasteiger partial charge < -0.3 is 19.3 Å². The topological polar surface area (TPSA) is 59.0 Å². The maximum Gasteiger partial charge on any atom is 0.494 e. The van der Waals surface area contributed by atoms with Crippen LogP contribution >= 0.6 is 0 Å². The summed E-state index contributed by atoms with van der Waals surface area (Å²) in [5, 5.41) is 9.03. The molecule has 0 unspecified atom stereocenters. The van der Waals surface area contributed by atoms with Crippen LogP contribution in [0.3, 0.4) is 0 Å². The third-order valence-corrected chi connectivity index (χ3v) is 5.19. The first-order valence-electron chi connectivity index (χ1n) is 8.09. The molecule has 2 saturated heterocycles. The van der Waals surface area contributed by atoms with Crippen molar-refractivity contribution in [2.24, 2.45) is 5.92 Å². The zero-order chi connectivity index (χ0) is 16.8. The fraction of sp³-hybridized carbons (Fsp3) is 0.588. The van der Waals surface area contributed by atoms with Gasteiger partial charge in [-0.15, -0.1) is 0 Å². The number of likely N-dealkylation sites (tertiary alicyclic amines) is 1. The highest BCUT2D eigenvalue weighted by Gasteiger charge is 2.51. The molecule has 23 heavy (non-hydrogen) atoms. The maximum absolute atomic E-state index is 12.3. The molecule has 0 saturated carbocycles. The Labute approximate surface area is 137 Å². The summed E-state index contributed by atoms with van der Waals surface area (Å²) in [6.45, 7) is 9.49. The number of carbonyl (C=O) groups excluding carboxylic acids is 1. The van der Waals surface area contributed by atoms with Gasteiger partial charge in [-0.25, -0.2) is 0 Å². The van der Waals surface area contributed by atoms with Crippen molar-refractivity contribution >= 4 is 18.5 Å². The van der Waals surface area contributed by atoms with Gasteiger partial charge in [0, 0.05) is 31.2 Å². The Morgan fingerprint density at radius 3 is 2.17 bits per heavy atom. The van der Waals surface area contributed by atoms with Gasteiger partial charge in [0.1, 0.15) is 0 Å². The molecule has 2 aliphatic heterocycles. The predicted octanol–water partition coefficient (Wildman–Crippen LogP) is 1.05. The van der Waals surface area contributed by atoms with Crippen LogP contribution in [0.15, 0.2) is 24.3 Å². The van der Waals surface area contributed by atoms with E-state index in [4.69, 9.17) is 14.4 Å². The number of nitrogens with zero attached hydrogens (tertiary/aromatic N) is 1. The molecule has 6 heteroatoms. The largest absolute Gasteiger partial charge is 0.494 e. The van der Waals surface area contributed by atoms with E-state index < -0.39 is 7.12 Å². The van der Waals surface area contributed by atoms with Crippen LogP contribution in [-0.2, 0) is 9.31 Å². The molecule has 0 spiro atoms. The van der Waals surface area contributed by atoms with E-state index in [2.05, 4.69) is 0 Å². The molecule has 1 N–H and O–H groups in total. The maximum atomic E-state index is 12.3. The van der Waals surface area contributed by atoms with Gasteiger partial charge in [0.05, 0.1) is 11.2 Å². The van der Waals surface area contributed by atoms with Crippen LogP contribution in [0.1, 0.15) is 38.1 Å². The van der Waals surface area contributed by atoms with Crippen LogP contribution in [0, 0.1) is 5.92 Å². The van der Waals surface area contributed by atoms with E-state index in [0.29, 0.717) is 18.7 Å². The van der Waals surface area contributed by atoms with Gasteiger partial charge in [0.25, 0.3) is 5.91 Å². The summed E-state index contributed by atoms with van der Waals surface area (Å²) >= 11 is 0. The second kappa shape index (κ2) is 5.62. The highest BCUT2D eigenvalue weighted by atomic mass is 16.7. The van der Waals surface area contributed by atoms with Crippen LogP contribution in [0.4, 0.5) is 0 Å². The van der Waals surface area contributed by atoms with Crippen molar-refractivity contribution in [2.75, 3.05) is 19.7 Å². The Hall–Kier alpha value is -1.37. The third-order valence-electron chi connectivity index (χ3n) is 5.19. The summed E-state index contributed by atoms with van der Waals surface area (Å²) in [5.74, 6) is 0.234. The van der Waals surface area contributed by atoms with Gasteiger partial charge in [0.2, 0.25) is 0 Å². The molecular formula is C17H24BNO4. The number of aliphatic hydroxyl groups is 1. The van der Waals surface area contributed by atoms with Gasteiger partial charge in [0.15, 0.2) is 0 Å². The number of hydrogen-bond donors (Lipinski definition) is 1. The van der Waals surface area contributed by atoms with Crippen LogP contribution < -0.4 is 5.46 Å². The Kier molecular flexibility index (Phi) is 4.03. The summed E-state index contributed by atoms with van der Waals surface area (Å²) in [6.07, 6.45) is 0. The monoisotopic (exact) mass is 317 g/mol. The lowest BCUT2D eigenvalue weighted by Crippen LogP contribution is -2.51. The number of carbonyl (C=O) groups is 1. The molecule has 0 radical (unpaired) electrons.